The number of unbranched alkanes of at least 4 members (excludes halogenated alkanes) is 3. The number of aliphatic hydroxyl groups excluding tert-OH is 1. The summed E-state index contributed by atoms with van der Waals surface area (Å²) in [4.78, 5) is 0. The molecule has 1 atom stereocenters. The maximum atomic E-state index is 9.27. The Hall–Kier alpha value is -0.120. The zero-order valence-corrected chi connectivity index (χ0v) is 9.71. The van der Waals surface area contributed by atoms with Gasteiger partial charge in [-0.05, 0) is 13.5 Å². The number of aliphatic hydroxyl groups is 2. The van der Waals surface area contributed by atoms with Gasteiger partial charge in [0, 0.05) is 12.0 Å². The Balaban J connectivity index is 3.84. The van der Waals surface area contributed by atoms with Crippen LogP contribution in [0.5, 0.6) is 0 Å². The Morgan fingerprint density at radius 3 is 2.29 bits per heavy atom. The Bertz CT molecular complexity index is 139. The first-order chi connectivity index (χ1) is 6.56. The summed E-state index contributed by atoms with van der Waals surface area (Å²) >= 11 is 0. The van der Waals surface area contributed by atoms with Crippen LogP contribution in [0.2, 0.25) is 0 Å². The van der Waals surface area contributed by atoms with E-state index in [-0.39, 0.29) is 0 Å². The van der Waals surface area contributed by atoms with Gasteiger partial charge in [0.15, 0.2) is 6.29 Å². The number of nitrogens with one attached hydrogen (secondary N) is 1. The predicted molar refractivity (Wildman–Crippen MR) is 59.0 cm³/mol. The van der Waals surface area contributed by atoms with Crippen LogP contribution < -0.4 is 5.32 Å². The van der Waals surface area contributed by atoms with Crippen molar-refractivity contribution in [3.63, 3.8) is 0 Å². The SMILES string of the molecule is CCCCCCC(C)(CNC)C(O)O. The molecule has 0 rings (SSSR count). The normalized spacial score (nSPS) is 15.9. The van der Waals surface area contributed by atoms with Crippen molar-refractivity contribution in [2.24, 2.45) is 5.41 Å². The molecule has 0 aromatic rings. The maximum Gasteiger partial charge on any atom is 0.158 e. The summed E-state index contributed by atoms with van der Waals surface area (Å²) in [6, 6.07) is 0. The summed E-state index contributed by atoms with van der Waals surface area (Å²) in [6.07, 6.45) is 4.34. The van der Waals surface area contributed by atoms with E-state index in [1.54, 1.807) is 0 Å². The van der Waals surface area contributed by atoms with Crippen molar-refractivity contribution in [3.8, 4) is 0 Å². The molecule has 0 aromatic carbocycles. The minimum atomic E-state index is -1.23. The van der Waals surface area contributed by atoms with Gasteiger partial charge in [-0.15, -0.1) is 0 Å². The van der Waals surface area contributed by atoms with Gasteiger partial charge in [-0.25, -0.2) is 0 Å². The lowest BCUT2D eigenvalue weighted by Gasteiger charge is -2.31. The molecule has 1 unspecified atom stereocenters. The van der Waals surface area contributed by atoms with Crippen LogP contribution in [0, 0.1) is 5.41 Å². The van der Waals surface area contributed by atoms with Crippen LogP contribution in [0.4, 0.5) is 0 Å². The Kier molecular flexibility index (Phi) is 7.15. The highest BCUT2D eigenvalue weighted by atomic mass is 16.5. The van der Waals surface area contributed by atoms with Gasteiger partial charge < -0.3 is 15.5 Å². The third-order valence-corrected chi connectivity index (χ3v) is 2.81. The first-order valence-corrected chi connectivity index (χ1v) is 5.57. The highest BCUT2D eigenvalue weighted by Gasteiger charge is 2.30. The Morgan fingerprint density at radius 1 is 1.21 bits per heavy atom. The first kappa shape index (κ1) is 13.9. The average Bonchev–Trinajstić information content (AvgIpc) is 2.13. The minimum absolute atomic E-state index is 0.400. The molecule has 0 amide bonds. The van der Waals surface area contributed by atoms with Crippen LogP contribution in [0.15, 0.2) is 0 Å². The Labute approximate surface area is 87.5 Å². The highest BCUT2D eigenvalue weighted by molar-refractivity contribution is 4.78. The van der Waals surface area contributed by atoms with Crippen molar-refractivity contribution in [3.05, 3.63) is 0 Å². The smallest absolute Gasteiger partial charge is 0.158 e. The van der Waals surface area contributed by atoms with Crippen LogP contribution in [-0.4, -0.2) is 30.1 Å². The van der Waals surface area contributed by atoms with E-state index in [4.69, 9.17) is 0 Å². The molecule has 0 fully saturated rings. The fourth-order valence-electron chi connectivity index (χ4n) is 1.67. The van der Waals surface area contributed by atoms with Gasteiger partial charge >= 0.3 is 0 Å². The molecule has 0 radical (unpaired) electrons. The van der Waals surface area contributed by atoms with Crippen LogP contribution in [0.1, 0.15) is 46.0 Å². The molecule has 0 bridgehead atoms. The molecule has 3 nitrogen and oxygen atoms in total. The molecule has 3 heteroatoms. The molecule has 14 heavy (non-hydrogen) atoms. The van der Waals surface area contributed by atoms with Crippen LogP contribution in [0.25, 0.3) is 0 Å². The van der Waals surface area contributed by atoms with Crippen molar-refractivity contribution in [2.75, 3.05) is 13.6 Å². The van der Waals surface area contributed by atoms with Crippen molar-refractivity contribution in [1.29, 1.82) is 0 Å². The lowest BCUT2D eigenvalue weighted by molar-refractivity contribution is -0.130. The molecule has 3 N–H and O–H groups in total. The highest BCUT2D eigenvalue weighted by Crippen LogP contribution is 2.27. The van der Waals surface area contributed by atoms with Crippen molar-refractivity contribution < 1.29 is 10.2 Å². The van der Waals surface area contributed by atoms with Gasteiger partial charge in [-0.2, -0.15) is 0 Å². The van der Waals surface area contributed by atoms with Crippen molar-refractivity contribution in [1.82, 2.24) is 5.32 Å². The molecule has 0 aliphatic rings. The van der Waals surface area contributed by atoms with E-state index in [1.807, 2.05) is 14.0 Å². The molecule has 0 saturated carbocycles. The third-order valence-electron chi connectivity index (χ3n) is 2.81. The second kappa shape index (κ2) is 7.21. The second-order valence-electron chi connectivity index (χ2n) is 4.37. The van der Waals surface area contributed by atoms with Gasteiger partial charge in [0.25, 0.3) is 0 Å². The number of hydrogen-bond acceptors (Lipinski definition) is 3. The molecule has 0 aliphatic heterocycles. The maximum absolute atomic E-state index is 9.27. The molecule has 0 aliphatic carbocycles. The monoisotopic (exact) mass is 203 g/mol. The zero-order chi connectivity index (χ0) is 11.0. The van der Waals surface area contributed by atoms with E-state index in [2.05, 4.69) is 12.2 Å². The topological polar surface area (TPSA) is 52.5 Å². The van der Waals surface area contributed by atoms with Crippen LogP contribution >= 0.6 is 0 Å². The van der Waals surface area contributed by atoms with Gasteiger partial charge in [-0.1, -0.05) is 39.5 Å². The third kappa shape index (κ3) is 4.94. The number of rotatable bonds is 8. The predicted octanol–water partition coefficient (Wildman–Crippen LogP) is 1.49. The van der Waals surface area contributed by atoms with Gasteiger partial charge in [0.1, 0.15) is 0 Å². The number of hydrogen-bond donors (Lipinski definition) is 3. The summed E-state index contributed by atoms with van der Waals surface area (Å²) in [5.74, 6) is 0. The quantitative estimate of drug-likeness (QED) is 0.414. The standard InChI is InChI=1S/C11H25NO2/c1-4-5-6-7-8-11(2,9-12-3)10(13)14/h10,12-14H,4-9H2,1-3H3. The van der Waals surface area contributed by atoms with Crippen molar-refractivity contribution in [2.45, 2.75) is 52.2 Å². The van der Waals surface area contributed by atoms with Gasteiger partial charge in [0.2, 0.25) is 0 Å². The summed E-state index contributed by atoms with van der Waals surface area (Å²) in [5, 5.41) is 21.6. The van der Waals surface area contributed by atoms with E-state index in [1.165, 1.54) is 19.3 Å². The van der Waals surface area contributed by atoms with E-state index in [9.17, 15) is 10.2 Å². The van der Waals surface area contributed by atoms with E-state index >= 15 is 0 Å². The molecular formula is C11H25NO2. The Morgan fingerprint density at radius 2 is 1.86 bits per heavy atom. The fourth-order valence-corrected chi connectivity index (χ4v) is 1.67. The lowest BCUT2D eigenvalue weighted by Crippen LogP contribution is -2.40. The first-order valence-electron chi connectivity index (χ1n) is 5.57. The van der Waals surface area contributed by atoms with E-state index < -0.39 is 11.7 Å². The van der Waals surface area contributed by atoms with E-state index in [0.717, 1.165) is 12.8 Å². The van der Waals surface area contributed by atoms with Crippen LogP contribution in [-0.2, 0) is 0 Å². The van der Waals surface area contributed by atoms with Crippen LogP contribution in [0.3, 0.4) is 0 Å². The van der Waals surface area contributed by atoms with Gasteiger partial charge in [0.05, 0.1) is 0 Å². The van der Waals surface area contributed by atoms with E-state index in [0.29, 0.717) is 6.54 Å². The van der Waals surface area contributed by atoms with Gasteiger partial charge in [-0.3, -0.25) is 0 Å². The summed E-state index contributed by atoms with van der Waals surface area (Å²) in [7, 11) is 1.84. The second-order valence-corrected chi connectivity index (χ2v) is 4.37. The molecular weight excluding hydrogens is 178 g/mol. The lowest BCUT2D eigenvalue weighted by atomic mass is 9.83. The zero-order valence-electron chi connectivity index (χ0n) is 9.71. The molecule has 86 valence electrons. The fraction of sp³-hybridized carbons (Fsp3) is 1.00. The largest absolute Gasteiger partial charge is 0.368 e. The molecule has 0 saturated heterocycles. The molecule has 0 heterocycles. The molecule has 0 spiro atoms. The van der Waals surface area contributed by atoms with Crippen molar-refractivity contribution >= 4 is 0 Å². The minimum Gasteiger partial charge on any atom is -0.368 e. The summed E-state index contributed by atoms with van der Waals surface area (Å²) in [6.45, 7) is 4.74. The average molecular weight is 203 g/mol. The summed E-state index contributed by atoms with van der Waals surface area (Å²) in [5.41, 5.74) is -0.400. The molecule has 0 aromatic heterocycles. The summed E-state index contributed by atoms with van der Waals surface area (Å²) < 4.78 is 0.